The number of nitrogens with zero attached hydrogens (tertiary/aromatic N) is 4. The molecule has 2 bridgehead atoms. The molecule has 7 rings (SSSR count). The zero-order valence-electron chi connectivity index (χ0n) is 23.4. The van der Waals surface area contributed by atoms with Gasteiger partial charge >= 0.3 is 0 Å². The summed E-state index contributed by atoms with van der Waals surface area (Å²) in [5.74, 6) is 0.591. The van der Waals surface area contributed by atoms with Crippen molar-refractivity contribution in [2.24, 2.45) is 11.1 Å². The monoisotopic (exact) mass is 594 g/mol. The minimum absolute atomic E-state index is 0.0431. The van der Waals surface area contributed by atoms with E-state index >= 15 is 0 Å². The van der Waals surface area contributed by atoms with E-state index < -0.39 is 15.7 Å². The van der Waals surface area contributed by atoms with Gasteiger partial charge in [-0.25, -0.2) is 17.5 Å². The zero-order chi connectivity index (χ0) is 29.5. The highest BCUT2D eigenvalue weighted by molar-refractivity contribution is 7.91. The van der Waals surface area contributed by atoms with Crippen LogP contribution in [0.1, 0.15) is 37.7 Å². The van der Waals surface area contributed by atoms with Crippen LogP contribution in [0.5, 0.6) is 5.75 Å². The van der Waals surface area contributed by atoms with Crippen molar-refractivity contribution in [1.29, 1.82) is 5.26 Å². The van der Waals surface area contributed by atoms with Gasteiger partial charge < -0.3 is 25.8 Å². The van der Waals surface area contributed by atoms with Crippen LogP contribution < -0.4 is 20.7 Å². The van der Waals surface area contributed by atoms with Crippen LogP contribution in [-0.4, -0.2) is 73.2 Å². The van der Waals surface area contributed by atoms with Crippen LogP contribution in [0.4, 0.5) is 15.9 Å². The van der Waals surface area contributed by atoms with E-state index in [-0.39, 0.29) is 41.2 Å². The van der Waals surface area contributed by atoms with Crippen LogP contribution in [0.2, 0.25) is 0 Å². The molecule has 3 aliphatic carbocycles. The van der Waals surface area contributed by atoms with Crippen molar-refractivity contribution in [3.63, 3.8) is 0 Å². The van der Waals surface area contributed by atoms with Crippen molar-refractivity contribution in [3.8, 4) is 28.8 Å². The number of anilines is 2. The summed E-state index contributed by atoms with van der Waals surface area (Å²) >= 11 is 0. The molecule has 3 saturated carbocycles. The van der Waals surface area contributed by atoms with Crippen molar-refractivity contribution >= 4 is 21.3 Å². The van der Waals surface area contributed by atoms with E-state index in [0.717, 1.165) is 44.3 Å². The largest absolute Gasteiger partial charge is 0.489 e. The molecule has 0 spiro atoms. The molecule has 10 nitrogen and oxygen atoms in total. The van der Waals surface area contributed by atoms with Crippen molar-refractivity contribution in [3.05, 3.63) is 53.8 Å². The maximum atomic E-state index is 14.7. The van der Waals surface area contributed by atoms with E-state index in [9.17, 15) is 23.2 Å². The lowest BCUT2D eigenvalue weighted by Crippen LogP contribution is -2.63. The fourth-order valence-corrected chi connectivity index (χ4v) is 8.04. The lowest BCUT2D eigenvalue weighted by atomic mass is 9.50. The third kappa shape index (κ3) is 5.56. The number of nitriles is 1. The second-order valence-electron chi connectivity index (χ2n) is 11.9. The molecule has 1 aliphatic heterocycles. The van der Waals surface area contributed by atoms with Gasteiger partial charge in [-0.2, -0.15) is 5.26 Å². The van der Waals surface area contributed by atoms with Gasteiger partial charge in [-0.15, -0.1) is 5.10 Å². The minimum Gasteiger partial charge on any atom is -0.489 e. The van der Waals surface area contributed by atoms with Gasteiger partial charge in [0.1, 0.15) is 35.7 Å². The van der Waals surface area contributed by atoms with E-state index in [1.54, 1.807) is 10.7 Å². The van der Waals surface area contributed by atoms with E-state index in [2.05, 4.69) is 5.32 Å². The first-order chi connectivity index (χ1) is 20.1. The predicted octanol–water partition coefficient (Wildman–Crippen LogP) is 3.23. The first-order valence-electron chi connectivity index (χ1n) is 14.3. The van der Waals surface area contributed by atoms with Crippen molar-refractivity contribution in [2.75, 3.05) is 54.6 Å². The predicted molar refractivity (Wildman–Crippen MR) is 158 cm³/mol. The van der Waals surface area contributed by atoms with Gasteiger partial charge in [-0.05, 0) is 55.4 Å². The van der Waals surface area contributed by atoms with E-state index in [0.29, 0.717) is 41.6 Å². The third-order valence-electron chi connectivity index (χ3n) is 8.81. The summed E-state index contributed by atoms with van der Waals surface area (Å²) in [6, 6.07) is 13.7. The topological polar surface area (TPSA) is 146 Å². The SMILES string of the molecule is N#Cc1ccc(-c2cc(NCC34CCCC(N)(C3)C4)nn2-c2ccc(N3CCS(=O)(=O)CC3)cc2OCCO)cc1F. The number of ether oxygens (including phenoxy) is 1. The van der Waals surface area contributed by atoms with Gasteiger partial charge in [0.05, 0.1) is 29.4 Å². The Kier molecular flexibility index (Phi) is 7.37. The zero-order valence-corrected chi connectivity index (χ0v) is 24.2. The fraction of sp³-hybridized carbons (Fsp3) is 0.467. The molecule has 4 fully saturated rings. The number of aromatic nitrogens is 2. The number of aliphatic hydroxyl groups excluding tert-OH is 1. The summed E-state index contributed by atoms with van der Waals surface area (Å²) in [5, 5.41) is 27.1. The van der Waals surface area contributed by atoms with E-state index in [1.807, 2.05) is 35.2 Å². The molecule has 4 N–H and O–H groups in total. The molecule has 42 heavy (non-hydrogen) atoms. The Morgan fingerprint density at radius 2 is 1.93 bits per heavy atom. The Bertz CT molecular complexity index is 1630. The molecule has 2 aromatic carbocycles. The van der Waals surface area contributed by atoms with Crippen molar-refractivity contribution < 1.29 is 22.7 Å². The number of hydrogen-bond donors (Lipinski definition) is 3. The van der Waals surface area contributed by atoms with Crippen LogP contribution >= 0.6 is 0 Å². The lowest BCUT2D eigenvalue weighted by Gasteiger charge is -2.59. The van der Waals surface area contributed by atoms with Crippen LogP contribution in [0.25, 0.3) is 16.9 Å². The maximum Gasteiger partial charge on any atom is 0.153 e. The average molecular weight is 595 g/mol. The maximum absolute atomic E-state index is 14.7. The van der Waals surface area contributed by atoms with Gasteiger partial charge in [0.25, 0.3) is 0 Å². The van der Waals surface area contributed by atoms with Gasteiger partial charge in [0.15, 0.2) is 9.84 Å². The van der Waals surface area contributed by atoms with Gasteiger partial charge in [0, 0.05) is 48.6 Å². The second kappa shape index (κ2) is 10.9. The summed E-state index contributed by atoms with van der Waals surface area (Å²) in [7, 11) is -3.04. The highest BCUT2D eigenvalue weighted by atomic mass is 32.2. The van der Waals surface area contributed by atoms with Crippen LogP contribution in [0, 0.1) is 22.6 Å². The van der Waals surface area contributed by atoms with Gasteiger partial charge in [-0.1, -0.05) is 12.5 Å². The molecule has 4 aliphatic rings. The highest BCUT2D eigenvalue weighted by Gasteiger charge is 2.54. The summed E-state index contributed by atoms with van der Waals surface area (Å²) in [4.78, 5) is 1.99. The minimum atomic E-state index is -3.04. The molecule has 222 valence electrons. The first kappa shape index (κ1) is 28.5. The number of rotatable bonds is 9. The Hall–Kier alpha value is -3.66. The number of aliphatic hydroxyl groups is 1. The summed E-state index contributed by atoms with van der Waals surface area (Å²) < 4.78 is 46.3. The number of benzene rings is 2. The Balaban J connectivity index is 1.37. The van der Waals surface area contributed by atoms with Crippen LogP contribution in [0.15, 0.2) is 42.5 Å². The molecule has 0 atom stereocenters. The first-order valence-corrected chi connectivity index (χ1v) is 16.1. The Labute approximate surface area is 244 Å². The van der Waals surface area contributed by atoms with E-state index in [1.165, 1.54) is 12.1 Å². The number of nitrogens with two attached hydrogens (primary N) is 1. The molecular formula is C30H35FN6O4S. The summed E-state index contributed by atoms with van der Waals surface area (Å²) in [6.45, 7) is 1.32. The number of halogens is 1. The summed E-state index contributed by atoms with van der Waals surface area (Å²) in [6.07, 6.45) is 5.27. The molecule has 1 saturated heterocycles. The number of nitrogens with one attached hydrogen (secondary N) is 1. The van der Waals surface area contributed by atoms with Crippen LogP contribution in [-0.2, 0) is 9.84 Å². The number of sulfone groups is 1. The lowest BCUT2D eigenvalue weighted by molar-refractivity contribution is -0.0177. The molecule has 0 unspecified atom stereocenters. The molecule has 2 heterocycles. The smallest absolute Gasteiger partial charge is 0.153 e. The van der Waals surface area contributed by atoms with Crippen LogP contribution in [0.3, 0.4) is 0 Å². The molecule has 0 amide bonds. The third-order valence-corrected chi connectivity index (χ3v) is 10.4. The number of fused-ring (bicyclic) bond motifs is 2. The number of hydrogen-bond acceptors (Lipinski definition) is 9. The van der Waals surface area contributed by atoms with Gasteiger partial charge in [0.2, 0.25) is 0 Å². The Morgan fingerprint density at radius 3 is 2.62 bits per heavy atom. The van der Waals surface area contributed by atoms with E-state index in [4.69, 9.17) is 15.6 Å². The van der Waals surface area contributed by atoms with Crippen molar-refractivity contribution in [2.45, 2.75) is 37.6 Å². The Morgan fingerprint density at radius 1 is 1.14 bits per heavy atom. The van der Waals surface area contributed by atoms with Crippen molar-refractivity contribution in [1.82, 2.24) is 9.78 Å². The molecule has 12 heteroatoms. The molecule has 3 aromatic rings. The second-order valence-corrected chi connectivity index (χ2v) is 14.2. The fourth-order valence-electron chi connectivity index (χ4n) is 6.84. The normalized spacial score (nSPS) is 24.5. The molecular weight excluding hydrogens is 559 g/mol. The summed E-state index contributed by atoms with van der Waals surface area (Å²) in [5.41, 5.74) is 9.03. The highest BCUT2D eigenvalue weighted by Crippen LogP contribution is 2.56. The average Bonchev–Trinajstić information content (AvgIpc) is 3.38. The molecule has 0 radical (unpaired) electrons. The van der Waals surface area contributed by atoms with Gasteiger partial charge in [-0.3, -0.25) is 0 Å². The molecule has 1 aromatic heterocycles. The standard InChI is InChI=1S/C30H35FN6O4S/c31-24-14-21(2-3-22(24)17-32)26-16-28(34-20-29-6-1-7-30(33,18-29)19-29)35-37(26)25-5-4-23(15-27(25)41-11-10-38)36-8-12-42(39,40)13-9-36/h2-5,14-16,38H,1,6-13,18-20,33H2,(H,34,35). The quantitative estimate of drug-likeness (QED) is 0.340.